The van der Waals surface area contributed by atoms with Crippen LogP contribution in [0, 0.1) is 5.92 Å². The molecule has 1 atom stereocenters. The maximum Gasteiger partial charge on any atom is 0.00955 e. The number of nitrogens with zero attached hydrogens (tertiary/aromatic N) is 1. The van der Waals surface area contributed by atoms with Crippen LogP contribution >= 0.6 is 0 Å². The van der Waals surface area contributed by atoms with Crippen LogP contribution in [0.15, 0.2) is 12.2 Å². The molecule has 1 unspecified atom stereocenters. The van der Waals surface area contributed by atoms with Gasteiger partial charge in [-0.3, -0.25) is 4.90 Å². The van der Waals surface area contributed by atoms with Gasteiger partial charge in [-0.05, 0) is 38.6 Å². The van der Waals surface area contributed by atoms with E-state index in [4.69, 9.17) is 0 Å². The average Bonchev–Trinajstić information content (AvgIpc) is 2.75. The topological polar surface area (TPSA) is 3.24 Å². The lowest BCUT2D eigenvalue weighted by Crippen LogP contribution is -2.30. The third-order valence-electron chi connectivity index (χ3n) is 3.76. The largest absolute Gasteiger partial charge is 0.300 e. The Hall–Kier alpha value is -0.300. The molecule has 1 saturated heterocycles. The zero-order valence-corrected chi connectivity index (χ0v) is 8.76. The van der Waals surface area contributed by atoms with Crippen molar-refractivity contribution in [1.29, 1.82) is 0 Å². The van der Waals surface area contributed by atoms with Crippen LogP contribution in [0.1, 0.15) is 39.0 Å². The van der Waals surface area contributed by atoms with Gasteiger partial charge in [0.1, 0.15) is 0 Å². The summed E-state index contributed by atoms with van der Waals surface area (Å²) in [6.07, 6.45) is 7.16. The molecule has 74 valence electrons. The molecule has 2 aliphatic rings. The number of hydrogen-bond acceptors (Lipinski definition) is 1. The molecule has 2 fully saturated rings. The Kier molecular flexibility index (Phi) is 2.73. The molecule has 1 aliphatic heterocycles. The minimum absolute atomic E-state index is 0.792. The summed E-state index contributed by atoms with van der Waals surface area (Å²) < 4.78 is 0. The van der Waals surface area contributed by atoms with Crippen molar-refractivity contribution >= 4 is 0 Å². The van der Waals surface area contributed by atoms with E-state index in [1.54, 1.807) is 0 Å². The van der Waals surface area contributed by atoms with Crippen LogP contribution in [0.5, 0.6) is 0 Å². The van der Waals surface area contributed by atoms with E-state index < -0.39 is 0 Å². The fraction of sp³-hybridized carbons (Fsp3) is 0.833. The molecule has 0 bridgehead atoms. The summed E-state index contributed by atoms with van der Waals surface area (Å²) in [4.78, 5) is 2.70. The van der Waals surface area contributed by atoms with Crippen molar-refractivity contribution in [3.05, 3.63) is 12.2 Å². The third-order valence-corrected chi connectivity index (χ3v) is 3.76. The molecule has 1 heterocycles. The van der Waals surface area contributed by atoms with Crippen molar-refractivity contribution in [2.75, 3.05) is 13.1 Å². The fourth-order valence-electron chi connectivity index (χ4n) is 2.79. The van der Waals surface area contributed by atoms with Crippen molar-refractivity contribution in [1.82, 2.24) is 4.90 Å². The maximum atomic E-state index is 4.07. The van der Waals surface area contributed by atoms with Gasteiger partial charge in [-0.2, -0.15) is 0 Å². The van der Waals surface area contributed by atoms with Crippen LogP contribution in [0.25, 0.3) is 0 Å². The SMILES string of the molecule is C=C(C)C1CCN(C2CCCC2)C1. The summed E-state index contributed by atoms with van der Waals surface area (Å²) >= 11 is 0. The molecule has 2 rings (SSSR count). The lowest BCUT2D eigenvalue weighted by Gasteiger charge is -2.23. The van der Waals surface area contributed by atoms with Gasteiger partial charge in [0.25, 0.3) is 0 Å². The van der Waals surface area contributed by atoms with Crippen molar-refractivity contribution < 1.29 is 0 Å². The van der Waals surface area contributed by atoms with Crippen LogP contribution in [0.2, 0.25) is 0 Å². The number of hydrogen-bond donors (Lipinski definition) is 0. The minimum Gasteiger partial charge on any atom is -0.300 e. The molecular formula is C12H21N. The zero-order valence-electron chi connectivity index (χ0n) is 8.76. The van der Waals surface area contributed by atoms with Gasteiger partial charge >= 0.3 is 0 Å². The van der Waals surface area contributed by atoms with E-state index in [0.717, 1.165) is 12.0 Å². The van der Waals surface area contributed by atoms with Crippen LogP contribution in [-0.4, -0.2) is 24.0 Å². The van der Waals surface area contributed by atoms with Gasteiger partial charge in [0.15, 0.2) is 0 Å². The van der Waals surface area contributed by atoms with Crippen LogP contribution in [0.3, 0.4) is 0 Å². The van der Waals surface area contributed by atoms with Crippen molar-refractivity contribution in [3.63, 3.8) is 0 Å². The van der Waals surface area contributed by atoms with Gasteiger partial charge in [-0.25, -0.2) is 0 Å². The quantitative estimate of drug-likeness (QED) is 0.589. The maximum absolute atomic E-state index is 4.07. The summed E-state index contributed by atoms with van der Waals surface area (Å²) in [5.41, 5.74) is 1.39. The molecule has 1 nitrogen and oxygen atoms in total. The third kappa shape index (κ3) is 1.96. The molecule has 0 aromatic heterocycles. The first-order valence-electron chi connectivity index (χ1n) is 5.67. The summed E-state index contributed by atoms with van der Waals surface area (Å²) in [6.45, 7) is 8.87. The summed E-state index contributed by atoms with van der Waals surface area (Å²) in [6, 6.07) is 0.921. The minimum atomic E-state index is 0.792. The van der Waals surface area contributed by atoms with Crippen LogP contribution in [0.4, 0.5) is 0 Å². The highest BCUT2D eigenvalue weighted by atomic mass is 15.2. The van der Waals surface area contributed by atoms with E-state index >= 15 is 0 Å². The lowest BCUT2D eigenvalue weighted by molar-refractivity contribution is 0.241. The number of rotatable bonds is 2. The first kappa shape index (κ1) is 9.26. The molecule has 13 heavy (non-hydrogen) atoms. The second-order valence-corrected chi connectivity index (χ2v) is 4.77. The molecule has 0 amide bonds. The Morgan fingerprint density at radius 1 is 1.23 bits per heavy atom. The van der Waals surface area contributed by atoms with E-state index in [9.17, 15) is 0 Å². The van der Waals surface area contributed by atoms with E-state index in [1.807, 2.05) is 0 Å². The Morgan fingerprint density at radius 2 is 1.92 bits per heavy atom. The molecule has 0 aromatic rings. The highest BCUT2D eigenvalue weighted by Crippen LogP contribution is 2.30. The van der Waals surface area contributed by atoms with Crippen molar-refractivity contribution in [3.8, 4) is 0 Å². The first-order valence-corrected chi connectivity index (χ1v) is 5.67. The van der Waals surface area contributed by atoms with E-state index in [-0.39, 0.29) is 0 Å². The lowest BCUT2D eigenvalue weighted by atomic mass is 10.0. The normalized spacial score (nSPS) is 31.3. The summed E-state index contributed by atoms with van der Waals surface area (Å²) in [7, 11) is 0. The smallest absolute Gasteiger partial charge is 0.00955 e. The van der Waals surface area contributed by atoms with E-state index in [0.29, 0.717) is 0 Å². The molecule has 1 heteroatoms. The van der Waals surface area contributed by atoms with Crippen molar-refractivity contribution in [2.45, 2.75) is 45.1 Å². The van der Waals surface area contributed by atoms with E-state index in [1.165, 1.54) is 50.8 Å². The second-order valence-electron chi connectivity index (χ2n) is 4.77. The predicted octanol–water partition coefficient (Wildman–Crippen LogP) is 2.83. The second kappa shape index (κ2) is 3.83. The monoisotopic (exact) mass is 179 g/mol. The van der Waals surface area contributed by atoms with Crippen LogP contribution in [-0.2, 0) is 0 Å². The highest BCUT2D eigenvalue weighted by molar-refractivity contribution is 5.01. The molecule has 1 aliphatic carbocycles. The van der Waals surface area contributed by atoms with Gasteiger partial charge in [-0.1, -0.05) is 25.0 Å². The van der Waals surface area contributed by atoms with Gasteiger partial charge in [0.05, 0.1) is 0 Å². The first-order chi connectivity index (χ1) is 6.27. The van der Waals surface area contributed by atoms with Gasteiger partial charge in [-0.15, -0.1) is 0 Å². The van der Waals surface area contributed by atoms with Gasteiger partial charge < -0.3 is 0 Å². The standard InChI is InChI=1S/C12H21N/c1-10(2)11-7-8-13(9-11)12-5-3-4-6-12/h11-12H,1,3-9H2,2H3. The predicted molar refractivity (Wildman–Crippen MR) is 56.8 cm³/mol. The average molecular weight is 179 g/mol. The summed E-state index contributed by atoms with van der Waals surface area (Å²) in [5, 5.41) is 0. The Bertz CT molecular complexity index is 191. The molecular weight excluding hydrogens is 158 g/mol. The zero-order chi connectivity index (χ0) is 9.26. The molecule has 0 aromatic carbocycles. The molecule has 1 saturated carbocycles. The van der Waals surface area contributed by atoms with Crippen molar-refractivity contribution in [2.24, 2.45) is 5.92 Å². The Balaban J connectivity index is 1.86. The Labute approximate surface area is 81.8 Å². The Morgan fingerprint density at radius 3 is 2.46 bits per heavy atom. The van der Waals surface area contributed by atoms with Crippen LogP contribution < -0.4 is 0 Å². The number of likely N-dealkylation sites (tertiary alicyclic amines) is 1. The molecule has 0 spiro atoms. The van der Waals surface area contributed by atoms with Gasteiger partial charge in [0, 0.05) is 12.6 Å². The highest BCUT2D eigenvalue weighted by Gasteiger charge is 2.29. The molecule has 0 N–H and O–H groups in total. The van der Waals surface area contributed by atoms with E-state index in [2.05, 4.69) is 18.4 Å². The summed E-state index contributed by atoms with van der Waals surface area (Å²) in [5.74, 6) is 0.792. The molecule has 0 radical (unpaired) electrons. The van der Waals surface area contributed by atoms with Gasteiger partial charge in [0.2, 0.25) is 0 Å². The fourth-order valence-corrected chi connectivity index (χ4v) is 2.79.